The maximum absolute atomic E-state index is 12.6. The topological polar surface area (TPSA) is 71.4 Å². The summed E-state index contributed by atoms with van der Waals surface area (Å²) in [5.74, 6) is -1.18. The predicted molar refractivity (Wildman–Crippen MR) is 85.4 cm³/mol. The first-order chi connectivity index (χ1) is 9.70. The van der Waals surface area contributed by atoms with E-state index in [4.69, 9.17) is 5.11 Å². The van der Waals surface area contributed by atoms with E-state index in [0.717, 1.165) is 11.6 Å². The van der Waals surface area contributed by atoms with Crippen molar-refractivity contribution in [3.63, 3.8) is 0 Å². The lowest BCUT2D eigenvalue weighted by Gasteiger charge is -2.08. The number of rotatable bonds is 3. The molecule has 0 aliphatic carbocycles. The molecule has 7 heteroatoms. The van der Waals surface area contributed by atoms with Crippen molar-refractivity contribution < 1.29 is 18.3 Å². The molecule has 0 radical (unpaired) electrons. The molecule has 0 aromatic heterocycles. The first-order valence-electron chi connectivity index (χ1n) is 5.76. The van der Waals surface area contributed by atoms with Gasteiger partial charge in [0.1, 0.15) is 0 Å². The fraction of sp³-hybridized carbons (Fsp3) is 0.0714. The van der Waals surface area contributed by atoms with Gasteiger partial charge in [0, 0.05) is 8.95 Å². The molecule has 0 saturated heterocycles. The minimum atomic E-state index is -3.79. The van der Waals surface area contributed by atoms with Crippen LogP contribution < -0.4 is 0 Å². The summed E-state index contributed by atoms with van der Waals surface area (Å²) in [6, 6.07) is 8.72. The molecular weight excluding hydrogens is 424 g/mol. The minimum Gasteiger partial charge on any atom is -0.478 e. The summed E-state index contributed by atoms with van der Waals surface area (Å²) in [6.45, 7) is 1.79. The summed E-state index contributed by atoms with van der Waals surface area (Å²) in [6.07, 6.45) is 0. The molecule has 0 atom stereocenters. The maximum Gasteiger partial charge on any atom is 0.335 e. The second-order valence-corrected chi connectivity index (χ2v) is 8.23. The largest absolute Gasteiger partial charge is 0.478 e. The summed E-state index contributed by atoms with van der Waals surface area (Å²) in [5, 5.41) is 9.04. The van der Waals surface area contributed by atoms with Gasteiger partial charge in [0.25, 0.3) is 0 Å². The normalized spacial score (nSPS) is 11.4. The van der Waals surface area contributed by atoms with Gasteiger partial charge in [-0.05, 0) is 48.9 Å². The highest BCUT2D eigenvalue weighted by atomic mass is 79.9. The van der Waals surface area contributed by atoms with E-state index >= 15 is 0 Å². The van der Waals surface area contributed by atoms with Crippen LogP contribution in [0.1, 0.15) is 15.9 Å². The summed E-state index contributed by atoms with van der Waals surface area (Å²) in [4.78, 5) is 11.1. The van der Waals surface area contributed by atoms with Crippen LogP contribution in [0, 0.1) is 6.92 Å². The van der Waals surface area contributed by atoms with Crippen molar-refractivity contribution in [3.05, 3.63) is 56.5 Å². The van der Waals surface area contributed by atoms with E-state index in [-0.39, 0.29) is 15.4 Å². The average molecular weight is 434 g/mol. The predicted octanol–water partition coefficient (Wildman–Crippen LogP) is 4.05. The minimum absolute atomic E-state index is 0.0632. The molecule has 0 saturated carbocycles. The molecule has 0 fully saturated rings. The van der Waals surface area contributed by atoms with E-state index in [1.54, 1.807) is 19.1 Å². The standard InChI is InChI=1S/C14H10Br2O4S/c1-8-2-10(15)6-12(3-8)21(19,20)13-5-9(14(17)18)4-11(16)7-13/h2-7H,1H3,(H,17,18). The fourth-order valence-corrected chi connectivity index (χ4v) is 4.70. The summed E-state index contributed by atoms with van der Waals surface area (Å²) >= 11 is 6.40. The molecule has 1 N–H and O–H groups in total. The van der Waals surface area contributed by atoms with Gasteiger partial charge in [-0.15, -0.1) is 0 Å². The number of carboxylic acids is 1. The Kier molecular flexibility index (Phi) is 4.55. The van der Waals surface area contributed by atoms with Crippen molar-refractivity contribution >= 4 is 47.7 Å². The lowest BCUT2D eigenvalue weighted by molar-refractivity contribution is 0.0696. The molecule has 0 amide bonds. The highest BCUT2D eigenvalue weighted by Gasteiger charge is 2.21. The van der Waals surface area contributed by atoms with Gasteiger partial charge in [-0.3, -0.25) is 0 Å². The Morgan fingerprint density at radius 2 is 1.48 bits per heavy atom. The molecule has 2 rings (SSSR count). The third-order valence-corrected chi connectivity index (χ3v) is 5.38. The van der Waals surface area contributed by atoms with Crippen molar-refractivity contribution in [1.82, 2.24) is 0 Å². The van der Waals surface area contributed by atoms with Gasteiger partial charge < -0.3 is 5.11 Å². The number of sulfone groups is 1. The molecule has 0 bridgehead atoms. The van der Waals surface area contributed by atoms with Crippen LogP contribution in [-0.4, -0.2) is 19.5 Å². The number of benzene rings is 2. The van der Waals surface area contributed by atoms with Gasteiger partial charge in [0.15, 0.2) is 0 Å². The maximum atomic E-state index is 12.6. The number of carbonyl (C=O) groups is 1. The van der Waals surface area contributed by atoms with Gasteiger partial charge in [-0.25, -0.2) is 13.2 Å². The van der Waals surface area contributed by atoms with E-state index in [0.29, 0.717) is 8.95 Å². The van der Waals surface area contributed by atoms with Crippen LogP contribution in [0.3, 0.4) is 0 Å². The summed E-state index contributed by atoms with van der Waals surface area (Å²) in [7, 11) is -3.79. The molecule has 110 valence electrons. The molecule has 2 aromatic carbocycles. The van der Waals surface area contributed by atoms with Crippen LogP contribution >= 0.6 is 31.9 Å². The average Bonchev–Trinajstić information content (AvgIpc) is 2.36. The quantitative estimate of drug-likeness (QED) is 0.792. The van der Waals surface area contributed by atoms with Crippen molar-refractivity contribution in [2.24, 2.45) is 0 Å². The smallest absolute Gasteiger partial charge is 0.335 e. The van der Waals surface area contributed by atoms with E-state index in [1.165, 1.54) is 18.2 Å². The second-order valence-electron chi connectivity index (χ2n) is 4.45. The summed E-state index contributed by atoms with van der Waals surface area (Å²) in [5.41, 5.74) is 0.700. The van der Waals surface area contributed by atoms with Crippen molar-refractivity contribution in [2.75, 3.05) is 0 Å². The van der Waals surface area contributed by atoms with E-state index in [1.807, 2.05) is 0 Å². The molecule has 0 heterocycles. The van der Waals surface area contributed by atoms with Crippen LogP contribution in [0.5, 0.6) is 0 Å². The van der Waals surface area contributed by atoms with Crippen LogP contribution in [0.15, 0.2) is 55.1 Å². The number of halogens is 2. The lowest BCUT2D eigenvalue weighted by atomic mass is 10.2. The highest BCUT2D eigenvalue weighted by molar-refractivity contribution is 9.10. The zero-order valence-electron chi connectivity index (χ0n) is 10.8. The Balaban J connectivity index is 2.66. The highest BCUT2D eigenvalue weighted by Crippen LogP contribution is 2.28. The van der Waals surface area contributed by atoms with Crippen LogP contribution in [0.2, 0.25) is 0 Å². The molecular formula is C14H10Br2O4S. The third kappa shape index (κ3) is 3.53. The van der Waals surface area contributed by atoms with E-state index < -0.39 is 15.8 Å². The Hall–Kier alpha value is -1.18. The fourth-order valence-electron chi connectivity index (χ4n) is 1.84. The van der Waals surface area contributed by atoms with Crippen molar-refractivity contribution in [3.8, 4) is 0 Å². The molecule has 0 spiro atoms. The first-order valence-corrected chi connectivity index (χ1v) is 8.83. The zero-order chi connectivity index (χ0) is 15.8. The van der Waals surface area contributed by atoms with Gasteiger partial charge in [-0.1, -0.05) is 31.9 Å². The van der Waals surface area contributed by atoms with Gasteiger partial charge in [-0.2, -0.15) is 0 Å². The van der Waals surface area contributed by atoms with Crippen LogP contribution in [0.4, 0.5) is 0 Å². The van der Waals surface area contributed by atoms with Crippen molar-refractivity contribution in [1.29, 1.82) is 0 Å². The number of hydrogen-bond donors (Lipinski definition) is 1. The van der Waals surface area contributed by atoms with Crippen LogP contribution in [0.25, 0.3) is 0 Å². The Labute approximate surface area is 139 Å². The molecule has 2 aromatic rings. The third-order valence-electron chi connectivity index (χ3n) is 2.75. The van der Waals surface area contributed by atoms with E-state index in [2.05, 4.69) is 31.9 Å². The first kappa shape index (κ1) is 16.2. The van der Waals surface area contributed by atoms with E-state index in [9.17, 15) is 13.2 Å². The number of hydrogen-bond acceptors (Lipinski definition) is 3. The molecule has 0 aliphatic heterocycles. The SMILES string of the molecule is Cc1cc(Br)cc(S(=O)(=O)c2cc(Br)cc(C(=O)O)c2)c1. The van der Waals surface area contributed by atoms with Gasteiger partial charge in [0.2, 0.25) is 9.84 Å². The number of carboxylic acid groups (broad SMARTS) is 1. The molecule has 4 nitrogen and oxygen atoms in total. The molecule has 0 unspecified atom stereocenters. The Morgan fingerprint density at radius 1 is 0.952 bits per heavy atom. The Morgan fingerprint density at radius 3 is 2.00 bits per heavy atom. The monoisotopic (exact) mass is 432 g/mol. The van der Waals surface area contributed by atoms with Crippen LogP contribution in [-0.2, 0) is 9.84 Å². The lowest BCUT2D eigenvalue weighted by Crippen LogP contribution is -2.05. The summed E-state index contributed by atoms with van der Waals surface area (Å²) < 4.78 is 26.3. The Bertz CT molecular complexity index is 809. The van der Waals surface area contributed by atoms with Gasteiger partial charge >= 0.3 is 5.97 Å². The molecule has 21 heavy (non-hydrogen) atoms. The zero-order valence-corrected chi connectivity index (χ0v) is 14.8. The number of aryl methyl sites for hydroxylation is 1. The second kappa shape index (κ2) is 5.90. The van der Waals surface area contributed by atoms with Crippen molar-refractivity contribution in [2.45, 2.75) is 16.7 Å². The molecule has 0 aliphatic rings. The number of aromatic carboxylic acids is 1. The van der Waals surface area contributed by atoms with Gasteiger partial charge in [0.05, 0.1) is 15.4 Å².